The number of alkyl halides is 3. The van der Waals surface area contributed by atoms with Crippen molar-refractivity contribution in [1.29, 1.82) is 0 Å². The molecule has 2 N–H and O–H groups in total. The van der Waals surface area contributed by atoms with Gasteiger partial charge in [-0.05, 0) is 30.2 Å². The molecule has 2 aliphatic heterocycles. The summed E-state index contributed by atoms with van der Waals surface area (Å²) in [5.41, 5.74) is 6.01. The molecule has 2 aromatic heterocycles. The number of hydrogen-bond acceptors (Lipinski definition) is 6. The number of thiophene rings is 1. The fourth-order valence-electron chi connectivity index (χ4n) is 4.37. The van der Waals surface area contributed by atoms with Crippen LogP contribution < -0.4 is 5.73 Å². The van der Waals surface area contributed by atoms with Crippen LogP contribution in [-0.4, -0.2) is 57.3 Å². The minimum Gasteiger partial charge on any atom is -0.341 e. The molecule has 11 heteroatoms. The highest BCUT2D eigenvalue weighted by atomic mass is 32.1. The number of carbonyl (C=O) groups excluding carboxylic acids is 2. The number of piperidine rings is 1. The predicted octanol–water partition coefficient (Wildman–Crippen LogP) is 3.08. The summed E-state index contributed by atoms with van der Waals surface area (Å²) in [6, 6.07) is 1.13. The van der Waals surface area contributed by atoms with Gasteiger partial charge < -0.3 is 15.5 Å². The maximum absolute atomic E-state index is 13.7. The molecule has 0 saturated carbocycles. The molecule has 33 heavy (non-hydrogen) atoms. The van der Waals surface area contributed by atoms with E-state index in [1.165, 1.54) is 16.2 Å². The van der Waals surface area contributed by atoms with Crippen LogP contribution >= 0.6 is 11.3 Å². The van der Waals surface area contributed by atoms with Crippen LogP contribution in [0.3, 0.4) is 0 Å². The Kier molecular flexibility index (Phi) is 6.71. The minimum atomic E-state index is -4.61. The van der Waals surface area contributed by atoms with E-state index in [4.69, 9.17) is 5.73 Å². The van der Waals surface area contributed by atoms with Crippen LogP contribution in [0.1, 0.15) is 43.1 Å². The van der Waals surface area contributed by atoms with Gasteiger partial charge in [0.1, 0.15) is 0 Å². The van der Waals surface area contributed by atoms with Gasteiger partial charge in [0.05, 0.1) is 12.2 Å². The van der Waals surface area contributed by atoms with Crippen molar-refractivity contribution in [3.63, 3.8) is 0 Å². The van der Waals surface area contributed by atoms with E-state index >= 15 is 0 Å². The fraction of sp³-hybridized carbons (Fsp3) is 0.545. The highest BCUT2D eigenvalue weighted by molar-refractivity contribution is 7.08. The van der Waals surface area contributed by atoms with Crippen molar-refractivity contribution >= 4 is 23.2 Å². The second-order valence-corrected chi connectivity index (χ2v) is 9.58. The molecule has 2 aliphatic rings. The van der Waals surface area contributed by atoms with Gasteiger partial charge in [-0.3, -0.25) is 9.59 Å². The smallest absolute Gasteiger partial charge is 0.341 e. The first-order valence-corrected chi connectivity index (χ1v) is 11.9. The number of carbonyl (C=O) groups is 2. The fourth-order valence-corrected chi connectivity index (χ4v) is 5.01. The summed E-state index contributed by atoms with van der Waals surface area (Å²) in [4.78, 5) is 36.4. The summed E-state index contributed by atoms with van der Waals surface area (Å²) in [5, 5.41) is 3.44. The third-order valence-corrected chi connectivity index (χ3v) is 6.78. The topological polar surface area (TPSA) is 92.4 Å². The Bertz CT molecular complexity index is 1030. The normalized spacial score (nSPS) is 20.0. The predicted molar refractivity (Wildman–Crippen MR) is 117 cm³/mol. The number of hydrogen-bond donors (Lipinski definition) is 1. The van der Waals surface area contributed by atoms with E-state index in [-0.39, 0.29) is 54.8 Å². The number of rotatable bonds is 5. The number of nitrogens with two attached hydrogens (primary N) is 1. The van der Waals surface area contributed by atoms with E-state index in [0.29, 0.717) is 31.0 Å². The number of amides is 2. The second kappa shape index (κ2) is 9.38. The van der Waals surface area contributed by atoms with Crippen LogP contribution in [0.2, 0.25) is 0 Å². The number of nitrogens with zero attached hydrogens (tertiary/aromatic N) is 4. The molecule has 4 heterocycles. The van der Waals surface area contributed by atoms with E-state index in [0.717, 1.165) is 6.42 Å². The molecule has 0 spiro atoms. The summed E-state index contributed by atoms with van der Waals surface area (Å²) in [6.45, 7) is 3.11. The van der Waals surface area contributed by atoms with Crippen LogP contribution in [0.4, 0.5) is 13.2 Å². The molecule has 2 amide bonds. The molecule has 0 aromatic carbocycles. The SMILES string of the molecule is C[C@@H]1CCC(=O)N(C[C@H](N)CC(=O)N2CCc3c(nc(-c4ccsc4)nc3C(F)(F)F)C2)C1. The standard InChI is InChI=1S/C22H26F3N5O2S/c1-13-2-3-18(31)30(9-13)10-15(26)8-19(32)29-6-4-16-17(11-29)27-21(14-5-7-33-12-14)28-20(16)22(23,24)25/h5,7,12-13,15H,2-4,6,8-11,26H2,1H3/t13-,15-/m1/s1. The van der Waals surface area contributed by atoms with Gasteiger partial charge in [0, 0.05) is 55.0 Å². The van der Waals surface area contributed by atoms with Crippen LogP contribution in [-0.2, 0) is 28.7 Å². The summed E-state index contributed by atoms with van der Waals surface area (Å²) in [5.74, 6) is 0.185. The summed E-state index contributed by atoms with van der Waals surface area (Å²) < 4.78 is 41.1. The average Bonchev–Trinajstić information content (AvgIpc) is 3.29. The zero-order chi connectivity index (χ0) is 23.8. The first-order valence-electron chi connectivity index (χ1n) is 10.9. The molecular formula is C22H26F3N5O2S. The molecule has 4 rings (SSSR count). The van der Waals surface area contributed by atoms with Crippen molar-refractivity contribution in [2.45, 2.75) is 51.4 Å². The summed E-state index contributed by atoms with van der Waals surface area (Å²) in [6.07, 6.45) is -3.23. The average molecular weight is 482 g/mol. The molecule has 0 bridgehead atoms. The van der Waals surface area contributed by atoms with Gasteiger partial charge in [-0.15, -0.1) is 0 Å². The molecule has 178 valence electrons. The Balaban J connectivity index is 1.48. The van der Waals surface area contributed by atoms with Gasteiger partial charge in [-0.1, -0.05) is 6.92 Å². The quantitative estimate of drug-likeness (QED) is 0.709. The first-order chi connectivity index (χ1) is 15.6. The zero-order valence-corrected chi connectivity index (χ0v) is 19.1. The highest BCUT2D eigenvalue weighted by Gasteiger charge is 2.39. The second-order valence-electron chi connectivity index (χ2n) is 8.80. The summed E-state index contributed by atoms with van der Waals surface area (Å²) >= 11 is 1.34. The number of likely N-dealkylation sites (tertiary alicyclic amines) is 1. The molecule has 0 aliphatic carbocycles. The maximum Gasteiger partial charge on any atom is 0.433 e. The highest BCUT2D eigenvalue weighted by Crippen LogP contribution is 2.35. The number of fused-ring (bicyclic) bond motifs is 1. The van der Waals surface area contributed by atoms with Gasteiger partial charge in [0.15, 0.2) is 11.5 Å². The van der Waals surface area contributed by atoms with Gasteiger partial charge in [-0.25, -0.2) is 9.97 Å². The van der Waals surface area contributed by atoms with Crippen LogP contribution in [0.25, 0.3) is 11.4 Å². The number of aromatic nitrogens is 2. The van der Waals surface area contributed by atoms with E-state index < -0.39 is 17.9 Å². The molecule has 2 aromatic rings. The van der Waals surface area contributed by atoms with Crippen molar-refractivity contribution in [3.05, 3.63) is 33.8 Å². The zero-order valence-electron chi connectivity index (χ0n) is 18.3. The molecule has 1 fully saturated rings. The van der Waals surface area contributed by atoms with Gasteiger partial charge >= 0.3 is 6.18 Å². The van der Waals surface area contributed by atoms with Crippen LogP contribution in [0.15, 0.2) is 16.8 Å². The van der Waals surface area contributed by atoms with E-state index in [1.807, 2.05) is 0 Å². The lowest BCUT2D eigenvalue weighted by Crippen LogP contribution is -2.48. The Morgan fingerprint density at radius 2 is 2.12 bits per heavy atom. The summed E-state index contributed by atoms with van der Waals surface area (Å²) in [7, 11) is 0. The molecule has 1 saturated heterocycles. The maximum atomic E-state index is 13.7. The third kappa shape index (κ3) is 5.35. The van der Waals surface area contributed by atoms with Crippen LogP contribution in [0.5, 0.6) is 0 Å². The molecule has 7 nitrogen and oxygen atoms in total. The van der Waals surface area contributed by atoms with Crippen molar-refractivity contribution in [2.75, 3.05) is 19.6 Å². The lowest BCUT2D eigenvalue weighted by molar-refractivity contribution is -0.142. The molecular weight excluding hydrogens is 455 g/mol. The van der Waals surface area contributed by atoms with E-state index in [9.17, 15) is 22.8 Å². The van der Waals surface area contributed by atoms with E-state index in [2.05, 4.69) is 16.9 Å². The van der Waals surface area contributed by atoms with Crippen LogP contribution in [0, 0.1) is 5.92 Å². The Hall–Kier alpha value is -2.53. The Morgan fingerprint density at radius 1 is 1.33 bits per heavy atom. The molecule has 0 radical (unpaired) electrons. The van der Waals surface area contributed by atoms with Crippen molar-refractivity contribution in [3.8, 4) is 11.4 Å². The first kappa shape index (κ1) is 23.6. The Labute approximate surface area is 193 Å². The largest absolute Gasteiger partial charge is 0.433 e. The lowest BCUT2D eigenvalue weighted by Gasteiger charge is -2.34. The third-order valence-electron chi connectivity index (χ3n) is 6.09. The number of halogens is 3. The molecule has 0 unspecified atom stereocenters. The van der Waals surface area contributed by atoms with Crippen molar-refractivity contribution in [2.24, 2.45) is 11.7 Å². The van der Waals surface area contributed by atoms with Gasteiger partial charge in [-0.2, -0.15) is 24.5 Å². The van der Waals surface area contributed by atoms with Gasteiger partial charge in [0.2, 0.25) is 11.8 Å². The van der Waals surface area contributed by atoms with Crippen molar-refractivity contribution in [1.82, 2.24) is 19.8 Å². The van der Waals surface area contributed by atoms with Crippen molar-refractivity contribution < 1.29 is 22.8 Å². The monoisotopic (exact) mass is 481 g/mol. The Morgan fingerprint density at radius 3 is 2.82 bits per heavy atom. The van der Waals surface area contributed by atoms with Gasteiger partial charge in [0.25, 0.3) is 0 Å². The van der Waals surface area contributed by atoms with E-state index in [1.54, 1.807) is 21.7 Å². The molecule has 2 atom stereocenters. The lowest BCUT2D eigenvalue weighted by atomic mass is 9.98. The minimum absolute atomic E-state index is 0.00561.